The van der Waals surface area contributed by atoms with Crippen LogP contribution in [0, 0.1) is 0 Å². The normalized spacial score (nSPS) is 21.3. The highest BCUT2D eigenvalue weighted by molar-refractivity contribution is 8.00. The Hall–Kier alpha value is -0.680. The van der Waals surface area contributed by atoms with Crippen LogP contribution in [0.2, 0.25) is 0 Å². The number of hydrogen-bond donors (Lipinski definition) is 1. The molecule has 0 aromatic heterocycles. The van der Waals surface area contributed by atoms with Crippen molar-refractivity contribution in [2.75, 3.05) is 6.54 Å². The second-order valence-corrected chi connectivity index (χ2v) is 4.84. The largest absolute Gasteiger partial charge is 0.446 e. The topological polar surface area (TPSA) is 12.0 Å². The van der Waals surface area contributed by atoms with Gasteiger partial charge < -0.3 is 5.32 Å². The molecule has 16 heavy (non-hydrogen) atoms. The minimum atomic E-state index is -4.21. The lowest BCUT2D eigenvalue weighted by atomic mass is 10.1. The summed E-state index contributed by atoms with van der Waals surface area (Å²) in [6, 6.07) is 6.82. The van der Waals surface area contributed by atoms with E-state index in [4.69, 9.17) is 0 Å². The Morgan fingerprint density at radius 1 is 1.25 bits per heavy atom. The van der Waals surface area contributed by atoms with Crippen molar-refractivity contribution in [2.24, 2.45) is 0 Å². The Labute approximate surface area is 96.4 Å². The lowest BCUT2D eigenvalue weighted by Crippen LogP contribution is -2.14. The third-order valence-corrected chi connectivity index (χ3v) is 3.40. The van der Waals surface area contributed by atoms with E-state index in [-0.39, 0.29) is 17.8 Å². The van der Waals surface area contributed by atoms with Crippen LogP contribution >= 0.6 is 11.8 Å². The van der Waals surface area contributed by atoms with Crippen LogP contribution in [0.3, 0.4) is 0 Å². The van der Waals surface area contributed by atoms with Crippen LogP contribution in [0.25, 0.3) is 0 Å². The predicted molar refractivity (Wildman–Crippen MR) is 58.3 cm³/mol. The summed E-state index contributed by atoms with van der Waals surface area (Å²) >= 11 is -0.0258. The summed E-state index contributed by atoms with van der Waals surface area (Å²) in [7, 11) is 0. The van der Waals surface area contributed by atoms with Crippen LogP contribution in [-0.4, -0.2) is 12.1 Å². The maximum Gasteiger partial charge on any atom is 0.446 e. The van der Waals surface area contributed by atoms with Crippen LogP contribution in [-0.2, 0) is 0 Å². The van der Waals surface area contributed by atoms with Crippen LogP contribution in [0.15, 0.2) is 29.2 Å². The van der Waals surface area contributed by atoms with Gasteiger partial charge in [0.25, 0.3) is 0 Å². The summed E-state index contributed by atoms with van der Waals surface area (Å²) < 4.78 is 37.1. The molecular weight excluding hydrogens is 235 g/mol. The molecule has 1 atom stereocenters. The highest BCUT2D eigenvalue weighted by atomic mass is 32.2. The van der Waals surface area contributed by atoms with Gasteiger partial charge in [-0.05, 0) is 42.8 Å². The molecule has 0 radical (unpaired) electrons. The Bertz CT molecular complexity index is 358. The lowest BCUT2D eigenvalue weighted by molar-refractivity contribution is -0.0328. The first-order valence-electron chi connectivity index (χ1n) is 5.14. The second kappa shape index (κ2) is 4.67. The van der Waals surface area contributed by atoms with E-state index in [1.165, 1.54) is 6.07 Å². The average Bonchev–Trinajstić information content (AvgIpc) is 2.69. The fourth-order valence-corrected chi connectivity index (χ4v) is 2.66. The number of rotatable bonds is 2. The first kappa shape index (κ1) is 11.8. The van der Waals surface area contributed by atoms with Gasteiger partial charge in [0.1, 0.15) is 0 Å². The van der Waals surface area contributed by atoms with Crippen LogP contribution in [0.1, 0.15) is 24.4 Å². The lowest BCUT2D eigenvalue weighted by Gasteiger charge is -2.16. The Balaban J connectivity index is 2.23. The maximum absolute atomic E-state index is 12.4. The van der Waals surface area contributed by atoms with Crippen molar-refractivity contribution in [3.63, 3.8) is 0 Å². The van der Waals surface area contributed by atoms with E-state index >= 15 is 0 Å². The molecule has 0 amide bonds. The number of benzene rings is 1. The standard InChI is InChI=1S/C11H12F3NS/c12-11(13,14)16-10-6-2-1-4-8(10)9-5-3-7-15-9/h1-2,4,6,9,15H,3,5,7H2/t9-/m1/s1. The molecule has 0 spiro atoms. The van der Waals surface area contributed by atoms with E-state index in [2.05, 4.69) is 5.32 Å². The fourth-order valence-electron chi connectivity index (χ4n) is 1.94. The third-order valence-electron chi connectivity index (χ3n) is 2.58. The van der Waals surface area contributed by atoms with Gasteiger partial charge in [0.05, 0.1) is 0 Å². The summed E-state index contributed by atoms with van der Waals surface area (Å²) in [5.74, 6) is 0. The van der Waals surface area contributed by atoms with Gasteiger partial charge in [-0.2, -0.15) is 13.2 Å². The number of thioether (sulfide) groups is 1. The van der Waals surface area contributed by atoms with Gasteiger partial charge in [-0.25, -0.2) is 0 Å². The Morgan fingerprint density at radius 3 is 2.62 bits per heavy atom. The van der Waals surface area contributed by atoms with E-state index in [9.17, 15) is 13.2 Å². The molecule has 88 valence electrons. The van der Waals surface area contributed by atoms with Gasteiger partial charge in [0, 0.05) is 10.9 Å². The molecule has 0 unspecified atom stereocenters. The molecular formula is C11H12F3NS. The molecule has 0 aliphatic carbocycles. The SMILES string of the molecule is FC(F)(F)Sc1ccccc1[C@H]1CCCN1. The molecule has 1 nitrogen and oxygen atoms in total. The van der Waals surface area contributed by atoms with E-state index < -0.39 is 5.51 Å². The van der Waals surface area contributed by atoms with Crippen molar-refractivity contribution < 1.29 is 13.2 Å². The van der Waals surface area contributed by atoms with Gasteiger partial charge >= 0.3 is 5.51 Å². The number of hydrogen-bond acceptors (Lipinski definition) is 2. The first-order valence-corrected chi connectivity index (χ1v) is 5.96. The van der Waals surface area contributed by atoms with Gasteiger partial charge in [-0.3, -0.25) is 0 Å². The van der Waals surface area contributed by atoms with E-state index in [1.54, 1.807) is 18.2 Å². The number of alkyl halides is 3. The highest BCUT2D eigenvalue weighted by Gasteiger charge is 2.31. The van der Waals surface area contributed by atoms with Gasteiger partial charge in [-0.1, -0.05) is 18.2 Å². The van der Waals surface area contributed by atoms with E-state index in [0.717, 1.165) is 24.9 Å². The zero-order chi connectivity index (χ0) is 11.6. The van der Waals surface area contributed by atoms with E-state index in [0.29, 0.717) is 4.90 Å². The maximum atomic E-state index is 12.4. The van der Waals surface area contributed by atoms with Crippen molar-refractivity contribution >= 4 is 11.8 Å². The minimum Gasteiger partial charge on any atom is -0.310 e. The van der Waals surface area contributed by atoms with Crippen molar-refractivity contribution in [3.8, 4) is 0 Å². The molecule has 0 saturated carbocycles. The average molecular weight is 247 g/mol. The van der Waals surface area contributed by atoms with Crippen molar-refractivity contribution in [1.82, 2.24) is 5.32 Å². The van der Waals surface area contributed by atoms with Gasteiger partial charge in [0.15, 0.2) is 0 Å². The van der Waals surface area contributed by atoms with Crippen LogP contribution in [0.4, 0.5) is 13.2 Å². The molecule has 1 aliphatic rings. The Kier molecular flexibility index (Phi) is 3.44. The molecule has 1 heterocycles. The Morgan fingerprint density at radius 2 is 2.00 bits per heavy atom. The number of nitrogens with one attached hydrogen (secondary N) is 1. The van der Waals surface area contributed by atoms with E-state index in [1.807, 2.05) is 0 Å². The summed E-state index contributed by atoms with van der Waals surface area (Å²) in [4.78, 5) is 0.314. The molecule has 1 saturated heterocycles. The summed E-state index contributed by atoms with van der Waals surface area (Å²) in [5, 5.41) is 3.22. The molecule has 0 bridgehead atoms. The molecule has 2 rings (SSSR count). The van der Waals surface area contributed by atoms with Crippen molar-refractivity contribution in [2.45, 2.75) is 29.3 Å². The van der Waals surface area contributed by atoms with Gasteiger partial charge in [0.2, 0.25) is 0 Å². The monoisotopic (exact) mass is 247 g/mol. The second-order valence-electron chi connectivity index (χ2n) is 3.73. The third kappa shape index (κ3) is 2.92. The first-order chi connectivity index (χ1) is 7.56. The molecule has 1 aromatic carbocycles. The van der Waals surface area contributed by atoms with Gasteiger partial charge in [-0.15, -0.1) is 0 Å². The summed E-state index contributed by atoms with van der Waals surface area (Å²) in [5.41, 5.74) is -3.45. The predicted octanol–water partition coefficient (Wildman–Crippen LogP) is 3.72. The zero-order valence-electron chi connectivity index (χ0n) is 8.55. The quantitative estimate of drug-likeness (QED) is 0.799. The molecule has 5 heteroatoms. The highest BCUT2D eigenvalue weighted by Crippen LogP contribution is 2.41. The molecule has 1 fully saturated rings. The molecule has 1 N–H and O–H groups in total. The number of halogens is 3. The van der Waals surface area contributed by atoms with Crippen LogP contribution in [0.5, 0.6) is 0 Å². The zero-order valence-corrected chi connectivity index (χ0v) is 9.37. The molecule has 1 aromatic rings. The summed E-state index contributed by atoms with van der Waals surface area (Å²) in [6.07, 6.45) is 1.94. The van der Waals surface area contributed by atoms with Crippen molar-refractivity contribution in [1.29, 1.82) is 0 Å². The fraction of sp³-hybridized carbons (Fsp3) is 0.455. The smallest absolute Gasteiger partial charge is 0.310 e. The minimum absolute atomic E-state index is 0.0258. The van der Waals surface area contributed by atoms with Crippen LogP contribution < -0.4 is 5.32 Å². The summed E-state index contributed by atoms with van der Waals surface area (Å²) in [6.45, 7) is 0.885. The van der Waals surface area contributed by atoms with Crippen molar-refractivity contribution in [3.05, 3.63) is 29.8 Å². The molecule has 1 aliphatic heterocycles.